The van der Waals surface area contributed by atoms with Crippen LogP contribution in [0.5, 0.6) is 0 Å². The molecule has 0 N–H and O–H groups in total. The van der Waals surface area contributed by atoms with Crippen molar-refractivity contribution in [2.45, 2.75) is 19.6 Å². The van der Waals surface area contributed by atoms with Gasteiger partial charge in [0.05, 0.1) is 0 Å². The molecule has 0 atom stereocenters. The van der Waals surface area contributed by atoms with Gasteiger partial charge in [-0.05, 0) is 22.9 Å². The Hall–Kier alpha value is 0.100. The highest BCUT2D eigenvalue weighted by Gasteiger charge is 2.18. The van der Waals surface area contributed by atoms with Gasteiger partial charge >= 0.3 is 0 Å². The largest absolute Gasteiger partial charge is 0.124 e. The van der Waals surface area contributed by atoms with Crippen LogP contribution in [0.15, 0.2) is 43.8 Å². The summed E-state index contributed by atoms with van der Waals surface area (Å²) in [5.74, 6) is 4.99. The van der Waals surface area contributed by atoms with E-state index in [0.717, 1.165) is 0 Å². The molecular weight excluding hydrogens is 296 g/mol. The van der Waals surface area contributed by atoms with Crippen molar-refractivity contribution in [2.75, 3.05) is 23.0 Å². The summed E-state index contributed by atoms with van der Waals surface area (Å²) in [6.07, 6.45) is 0. The lowest BCUT2D eigenvalue weighted by molar-refractivity contribution is 1.22. The van der Waals surface area contributed by atoms with Gasteiger partial charge in [-0.2, -0.15) is 0 Å². The fraction of sp³-hybridized carbons (Fsp3) is 0.286. The third kappa shape index (κ3) is 1.89. The number of fused-ring (bicyclic) bond motifs is 5. The lowest BCUT2D eigenvalue weighted by Crippen LogP contribution is -1.98. The Bertz CT molecular complexity index is 565. The van der Waals surface area contributed by atoms with E-state index in [-0.39, 0.29) is 0 Å². The molecule has 0 radical (unpaired) electrons. The normalized spacial score (nSPS) is 18.4. The number of thioether (sulfide) groups is 4. The van der Waals surface area contributed by atoms with Crippen molar-refractivity contribution in [1.82, 2.24) is 0 Å². The fourth-order valence-corrected chi connectivity index (χ4v) is 7.21. The van der Waals surface area contributed by atoms with E-state index in [2.05, 4.69) is 24.3 Å². The average Bonchev–Trinajstić information content (AvgIpc) is 2.46. The van der Waals surface area contributed by atoms with Crippen molar-refractivity contribution in [1.29, 1.82) is 0 Å². The molecule has 0 aromatic heterocycles. The van der Waals surface area contributed by atoms with Crippen molar-refractivity contribution in [2.24, 2.45) is 0 Å². The summed E-state index contributed by atoms with van der Waals surface area (Å²) in [6, 6.07) is 9.33. The zero-order valence-electron chi connectivity index (χ0n) is 9.77. The highest BCUT2D eigenvalue weighted by atomic mass is 32.2. The summed E-state index contributed by atoms with van der Waals surface area (Å²) in [6.45, 7) is 0. The third-order valence-electron chi connectivity index (χ3n) is 3.20. The van der Waals surface area contributed by atoms with Gasteiger partial charge in [0.2, 0.25) is 0 Å². The second kappa shape index (κ2) is 4.89. The SMILES string of the molecule is c1cc2c3c(ccc2c2c1SCCS2)SCCS3. The Morgan fingerprint density at radius 1 is 0.556 bits per heavy atom. The van der Waals surface area contributed by atoms with E-state index >= 15 is 0 Å². The third-order valence-corrected chi connectivity index (χ3v) is 8.37. The monoisotopic (exact) mass is 308 g/mol. The molecule has 2 heterocycles. The van der Waals surface area contributed by atoms with Crippen molar-refractivity contribution in [3.05, 3.63) is 24.3 Å². The molecule has 2 aliphatic rings. The van der Waals surface area contributed by atoms with Crippen LogP contribution in [0.1, 0.15) is 0 Å². The van der Waals surface area contributed by atoms with Crippen LogP contribution in [0.3, 0.4) is 0 Å². The van der Waals surface area contributed by atoms with Crippen LogP contribution >= 0.6 is 47.0 Å². The molecule has 0 aliphatic carbocycles. The maximum Gasteiger partial charge on any atom is 0.0287 e. The van der Waals surface area contributed by atoms with Gasteiger partial charge < -0.3 is 0 Å². The van der Waals surface area contributed by atoms with Gasteiger partial charge in [0.15, 0.2) is 0 Å². The lowest BCUT2D eigenvalue weighted by Gasteiger charge is -2.21. The first-order valence-electron chi connectivity index (χ1n) is 6.04. The Morgan fingerprint density at radius 2 is 1.00 bits per heavy atom. The Labute approximate surface area is 124 Å². The highest BCUT2D eigenvalue weighted by Crippen LogP contribution is 2.47. The van der Waals surface area contributed by atoms with E-state index in [4.69, 9.17) is 0 Å². The number of rotatable bonds is 0. The van der Waals surface area contributed by atoms with Crippen LogP contribution < -0.4 is 0 Å². The zero-order valence-corrected chi connectivity index (χ0v) is 13.0. The molecule has 0 saturated heterocycles. The maximum atomic E-state index is 2.34. The van der Waals surface area contributed by atoms with Gasteiger partial charge in [0.25, 0.3) is 0 Å². The number of hydrogen-bond acceptors (Lipinski definition) is 4. The van der Waals surface area contributed by atoms with Crippen LogP contribution in [0, 0.1) is 0 Å². The molecule has 92 valence electrons. The van der Waals surface area contributed by atoms with Crippen molar-refractivity contribution < 1.29 is 0 Å². The molecule has 18 heavy (non-hydrogen) atoms. The molecule has 4 heteroatoms. The highest BCUT2D eigenvalue weighted by molar-refractivity contribution is 8.06. The van der Waals surface area contributed by atoms with Crippen LogP contribution in [-0.4, -0.2) is 23.0 Å². The molecule has 0 spiro atoms. The maximum absolute atomic E-state index is 2.34. The Morgan fingerprint density at radius 3 is 1.50 bits per heavy atom. The van der Waals surface area contributed by atoms with Gasteiger partial charge in [-0.1, -0.05) is 12.1 Å². The van der Waals surface area contributed by atoms with E-state index in [1.807, 2.05) is 47.0 Å². The van der Waals surface area contributed by atoms with Gasteiger partial charge in [-0.3, -0.25) is 0 Å². The first kappa shape index (κ1) is 11.9. The Kier molecular flexibility index (Phi) is 3.23. The Balaban J connectivity index is 2.01. The van der Waals surface area contributed by atoms with E-state index in [9.17, 15) is 0 Å². The van der Waals surface area contributed by atoms with Gasteiger partial charge in [-0.15, -0.1) is 47.0 Å². The predicted octanol–water partition coefficient (Wildman–Crippen LogP) is 5.24. The van der Waals surface area contributed by atoms with E-state index in [1.54, 1.807) is 0 Å². The minimum absolute atomic E-state index is 1.25. The second-order valence-corrected chi connectivity index (χ2v) is 8.76. The smallest absolute Gasteiger partial charge is 0.0287 e. The predicted molar refractivity (Wildman–Crippen MR) is 86.8 cm³/mol. The van der Waals surface area contributed by atoms with Crippen LogP contribution in [0.2, 0.25) is 0 Å². The zero-order chi connectivity index (χ0) is 11.9. The molecule has 4 rings (SSSR count). The number of hydrogen-bond donors (Lipinski definition) is 0. The molecule has 0 amide bonds. The molecule has 2 aromatic carbocycles. The molecule has 0 saturated carbocycles. The summed E-state index contributed by atoms with van der Waals surface area (Å²) in [4.78, 5) is 5.99. The van der Waals surface area contributed by atoms with Gasteiger partial charge in [0, 0.05) is 42.6 Å². The lowest BCUT2D eigenvalue weighted by atomic mass is 10.1. The van der Waals surface area contributed by atoms with Gasteiger partial charge in [0.1, 0.15) is 0 Å². The molecule has 2 aliphatic heterocycles. The standard InChI is InChI=1S/C14H12S4/c1-3-11-14(18-8-5-15-11)10-2-4-12-13(9(1)10)17-7-6-16-12/h1-4H,5-8H2. The number of benzene rings is 2. The summed E-state index contributed by atoms with van der Waals surface area (Å²) in [5.41, 5.74) is 0. The molecule has 0 bridgehead atoms. The molecule has 2 aromatic rings. The van der Waals surface area contributed by atoms with Crippen LogP contribution in [0.25, 0.3) is 10.8 Å². The molecular formula is C14H12S4. The quantitative estimate of drug-likeness (QED) is 0.653. The minimum atomic E-state index is 1.25. The summed E-state index contributed by atoms with van der Waals surface area (Å²) >= 11 is 8.08. The summed E-state index contributed by atoms with van der Waals surface area (Å²) in [5, 5.41) is 2.94. The van der Waals surface area contributed by atoms with E-state index in [0.29, 0.717) is 0 Å². The van der Waals surface area contributed by atoms with Crippen molar-refractivity contribution in [3.8, 4) is 0 Å². The minimum Gasteiger partial charge on any atom is -0.124 e. The first-order chi connectivity index (χ1) is 8.93. The topological polar surface area (TPSA) is 0 Å². The van der Waals surface area contributed by atoms with Crippen molar-refractivity contribution >= 4 is 57.8 Å². The molecule has 0 fully saturated rings. The van der Waals surface area contributed by atoms with Crippen molar-refractivity contribution in [3.63, 3.8) is 0 Å². The van der Waals surface area contributed by atoms with E-state index < -0.39 is 0 Å². The molecule has 0 unspecified atom stereocenters. The molecule has 0 nitrogen and oxygen atoms in total. The van der Waals surface area contributed by atoms with Gasteiger partial charge in [-0.25, -0.2) is 0 Å². The fourth-order valence-electron chi connectivity index (χ4n) is 2.43. The van der Waals surface area contributed by atoms with Crippen LogP contribution in [0.4, 0.5) is 0 Å². The first-order valence-corrected chi connectivity index (χ1v) is 9.98. The van der Waals surface area contributed by atoms with Crippen LogP contribution in [-0.2, 0) is 0 Å². The summed E-state index contributed by atoms with van der Waals surface area (Å²) in [7, 11) is 0. The van der Waals surface area contributed by atoms with E-state index in [1.165, 1.54) is 53.4 Å². The summed E-state index contributed by atoms with van der Waals surface area (Å²) < 4.78 is 0. The average molecular weight is 309 g/mol. The second-order valence-electron chi connectivity index (χ2n) is 4.27.